The Kier molecular flexibility index (Phi) is 7.67. The van der Waals surface area contributed by atoms with Crippen molar-refractivity contribution in [2.75, 3.05) is 17.3 Å². The summed E-state index contributed by atoms with van der Waals surface area (Å²) in [7, 11) is -3.27. The highest BCUT2D eigenvalue weighted by Crippen LogP contribution is 2.27. The third kappa shape index (κ3) is 6.15. The van der Waals surface area contributed by atoms with Crippen molar-refractivity contribution >= 4 is 43.3 Å². The summed E-state index contributed by atoms with van der Waals surface area (Å²) in [4.78, 5) is 29.4. The molecule has 0 saturated heterocycles. The van der Waals surface area contributed by atoms with Crippen LogP contribution in [0.3, 0.4) is 0 Å². The fourth-order valence-corrected chi connectivity index (χ4v) is 5.25. The van der Waals surface area contributed by atoms with Gasteiger partial charge in [-0.15, -0.1) is 0 Å². The molecule has 0 spiro atoms. The van der Waals surface area contributed by atoms with Crippen LogP contribution in [0, 0.1) is 20.8 Å². The quantitative estimate of drug-likeness (QED) is 0.396. The smallest absolute Gasteiger partial charge is 0.256 e. The first-order valence-corrected chi connectivity index (χ1v) is 13.6. The van der Waals surface area contributed by atoms with E-state index in [-0.39, 0.29) is 16.9 Å². The second-order valence-electron chi connectivity index (χ2n) is 8.60. The van der Waals surface area contributed by atoms with Crippen molar-refractivity contribution in [1.82, 2.24) is 10.3 Å². The molecular formula is C25H28BrN3O4S. The first-order valence-electron chi connectivity index (χ1n) is 10.7. The molecule has 0 radical (unpaired) electrons. The van der Waals surface area contributed by atoms with Gasteiger partial charge in [-0.2, -0.15) is 0 Å². The van der Waals surface area contributed by atoms with Crippen molar-refractivity contribution in [2.45, 2.75) is 33.7 Å². The van der Waals surface area contributed by atoms with E-state index in [2.05, 4.69) is 37.6 Å². The first-order chi connectivity index (χ1) is 15.9. The molecule has 1 heterocycles. The summed E-state index contributed by atoms with van der Waals surface area (Å²) in [5.41, 5.74) is 6.13. The average molecular weight is 546 g/mol. The summed E-state index contributed by atoms with van der Waals surface area (Å²) in [6, 6.07) is 12.1. The van der Waals surface area contributed by atoms with Crippen LogP contribution in [0.2, 0.25) is 0 Å². The summed E-state index contributed by atoms with van der Waals surface area (Å²) in [5.74, 6) is -1.17. The number of hydrogen-bond acceptors (Lipinski definition) is 4. The van der Waals surface area contributed by atoms with Crippen LogP contribution < -0.4 is 10.6 Å². The van der Waals surface area contributed by atoms with Gasteiger partial charge < -0.3 is 15.6 Å². The van der Waals surface area contributed by atoms with Crippen LogP contribution in [-0.2, 0) is 9.84 Å². The predicted octanol–water partition coefficient (Wildman–Crippen LogP) is 4.78. The number of H-pyrrole nitrogens is 1. The van der Waals surface area contributed by atoms with E-state index in [1.165, 1.54) is 5.56 Å². The number of sulfone groups is 1. The SMILES string of the molecule is Cc1cc(-c2cc(C)c(C)[nH]2)ccc1NC(=O)c1cccc(Br)c1C(=O)NC(C)CS(C)(=O)=O. The molecular weight excluding hydrogens is 518 g/mol. The van der Waals surface area contributed by atoms with Gasteiger partial charge in [0.25, 0.3) is 11.8 Å². The third-order valence-electron chi connectivity index (χ3n) is 5.48. The van der Waals surface area contributed by atoms with Crippen molar-refractivity contribution in [3.63, 3.8) is 0 Å². The highest BCUT2D eigenvalue weighted by Gasteiger charge is 2.23. The highest BCUT2D eigenvalue weighted by atomic mass is 79.9. The fourth-order valence-electron chi connectivity index (χ4n) is 3.71. The Morgan fingerprint density at radius 3 is 2.32 bits per heavy atom. The molecule has 9 heteroatoms. The molecule has 0 fully saturated rings. The number of hydrogen-bond donors (Lipinski definition) is 3. The van der Waals surface area contributed by atoms with Crippen molar-refractivity contribution in [2.24, 2.45) is 0 Å². The van der Waals surface area contributed by atoms with Crippen LogP contribution in [0.25, 0.3) is 11.3 Å². The minimum Gasteiger partial charge on any atom is -0.358 e. The lowest BCUT2D eigenvalue weighted by Gasteiger charge is -2.16. The number of benzene rings is 2. The van der Waals surface area contributed by atoms with Crippen molar-refractivity contribution in [1.29, 1.82) is 0 Å². The largest absolute Gasteiger partial charge is 0.358 e. The van der Waals surface area contributed by atoms with E-state index in [0.29, 0.717) is 10.2 Å². The molecule has 180 valence electrons. The fraction of sp³-hybridized carbons (Fsp3) is 0.280. The summed E-state index contributed by atoms with van der Waals surface area (Å²) in [6.45, 7) is 7.58. The Morgan fingerprint density at radius 1 is 1.03 bits per heavy atom. The van der Waals surface area contributed by atoms with Gasteiger partial charge in [0, 0.05) is 33.8 Å². The monoisotopic (exact) mass is 545 g/mol. The van der Waals surface area contributed by atoms with Crippen LogP contribution in [0.15, 0.2) is 46.9 Å². The van der Waals surface area contributed by atoms with Gasteiger partial charge in [0.15, 0.2) is 0 Å². The number of aryl methyl sites for hydroxylation is 3. The van der Waals surface area contributed by atoms with Crippen LogP contribution in [0.1, 0.15) is 44.5 Å². The van der Waals surface area contributed by atoms with Gasteiger partial charge in [-0.1, -0.05) is 12.1 Å². The van der Waals surface area contributed by atoms with Crippen molar-refractivity contribution in [3.05, 3.63) is 74.9 Å². The van der Waals surface area contributed by atoms with Gasteiger partial charge in [-0.05, 0) is 90.6 Å². The van der Waals surface area contributed by atoms with Gasteiger partial charge >= 0.3 is 0 Å². The summed E-state index contributed by atoms with van der Waals surface area (Å²) in [6.07, 6.45) is 1.11. The van der Waals surface area contributed by atoms with E-state index in [9.17, 15) is 18.0 Å². The Balaban J connectivity index is 1.84. The molecule has 3 N–H and O–H groups in total. The molecule has 0 aliphatic heterocycles. The molecule has 7 nitrogen and oxygen atoms in total. The Hall–Kier alpha value is -2.91. The zero-order valence-electron chi connectivity index (χ0n) is 19.7. The zero-order valence-corrected chi connectivity index (χ0v) is 22.1. The number of aromatic nitrogens is 1. The second-order valence-corrected chi connectivity index (χ2v) is 11.6. The number of amides is 2. The number of anilines is 1. The van der Waals surface area contributed by atoms with Gasteiger partial charge in [0.05, 0.1) is 16.9 Å². The molecule has 1 atom stereocenters. The summed E-state index contributed by atoms with van der Waals surface area (Å²) in [5, 5.41) is 5.55. The zero-order chi connectivity index (χ0) is 25.2. The maximum atomic E-state index is 13.1. The Bertz CT molecular complexity index is 1340. The molecule has 0 aliphatic rings. The molecule has 3 rings (SSSR count). The van der Waals surface area contributed by atoms with E-state index in [4.69, 9.17) is 0 Å². The molecule has 0 saturated carbocycles. The number of halogens is 1. The molecule has 1 aromatic heterocycles. The highest BCUT2D eigenvalue weighted by molar-refractivity contribution is 9.10. The number of carbonyl (C=O) groups excluding carboxylic acids is 2. The molecule has 34 heavy (non-hydrogen) atoms. The third-order valence-corrected chi connectivity index (χ3v) is 7.24. The van der Waals surface area contributed by atoms with Crippen LogP contribution in [-0.4, -0.2) is 43.3 Å². The molecule has 1 unspecified atom stereocenters. The van der Waals surface area contributed by atoms with Crippen molar-refractivity contribution in [3.8, 4) is 11.3 Å². The lowest BCUT2D eigenvalue weighted by molar-refractivity contribution is 0.0930. The average Bonchev–Trinajstić information content (AvgIpc) is 3.06. The molecule has 0 aliphatic carbocycles. The minimum atomic E-state index is -3.27. The number of carbonyl (C=O) groups is 2. The first kappa shape index (κ1) is 25.7. The minimum absolute atomic E-state index is 0.145. The van der Waals surface area contributed by atoms with E-state index in [1.54, 1.807) is 25.1 Å². The van der Waals surface area contributed by atoms with Crippen molar-refractivity contribution < 1.29 is 18.0 Å². The van der Waals surface area contributed by atoms with Gasteiger partial charge in [-0.3, -0.25) is 9.59 Å². The lowest BCUT2D eigenvalue weighted by atomic mass is 10.0. The van der Waals surface area contributed by atoms with Crippen LogP contribution in [0.4, 0.5) is 5.69 Å². The van der Waals surface area contributed by atoms with E-state index < -0.39 is 27.7 Å². The van der Waals surface area contributed by atoms with Crippen LogP contribution >= 0.6 is 15.9 Å². The summed E-state index contributed by atoms with van der Waals surface area (Å²) < 4.78 is 23.5. The Morgan fingerprint density at radius 2 is 1.74 bits per heavy atom. The molecule has 3 aromatic rings. The number of nitrogens with one attached hydrogen (secondary N) is 3. The maximum Gasteiger partial charge on any atom is 0.256 e. The van der Waals surface area contributed by atoms with Crippen LogP contribution in [0.5, 0.6) is 0 Å². The van der Waals surface area contributed by atoms with Gasteiger partial charge in [0.1, 0.15) is 9.84 Å². The van der Waals surface area contributed by atoms with Gasteiger partial charge in [0.2, 0.25) is 0 Å². The lowest BCUT2D eigenvalue weighted by Crippen LogP contribution is -2.38. The molecule has 2 aromatic carbocycles. The second kappa shape index (κ2) is 10.1. The Labute approximate surface area is 208 Å². The molecule has 0 bridgehead atoms. The van der Waals surface area contributed by atoms with E-state index >= 15 is 0 Å². The maximum absolute atomic E-state index is 13.1. The normalized spacial score (nSPS) is 12.3. The van der Waals surface area contributed by atoms with E-state index in [1.807, 2.05) is 39.0 Å². The standard InChI is InChI=1S/C25H28BrN3O4S/c1-14-12-22(28-17(14)4)18-9-10-21(15(2)11-18)29-24(30)19-7-6-8-20(26)23(19)25(31)27-16(3)13-34(5,32)33/h6-12,16,28H,13H2,1-5H3,(H,27,31)(H,29,30). The summed E-state index contributed by atoms with van der Waals surface area (Å²) >= 11 is 3.35. The molecule has 2 amide bonds. The number of rotatable bonds is 7. The topological polar surface area (TPSA) is 108 Å². The number of aromatic amines is 1. The van der Waals surface area contributed by atoms with Gasteiger partial charge in [-0.25, -0.2) is 8.42 Å². The van der Waals surface area contributed by atoms with E-state index in [0.717, 1.165) is 28.8 Å². The predicted molar refractivity (Wildman–Crippen MR) is 139 cm³/mol.